The fourth-order valence-electron chi connectivity index (χ4n) is 2.42. The predicted octanol–water partition coefficient (Wildman–Crippen LogP) is 3.50. The second kappa shape index (κ2) is 7.00. The van der Waals surface area contributed by atoms with Gasteiger partial charge in [0.05, 0.1) is 24.6 Å². The number of hydrogen-bond acceptors (Lipinski definition) is 4. The summed E-state index contributed by atoms with van der Waals surface area (Å²) in [5.74, 6) is 1.88. The maximum Gasteiger partial charge on any atom is 0.259 e. The number of para-hydroxylation sites is 1. The van der Waals surface area contributed by atoms with Gasteiger partial charge < -0.3 is 14.5 Å². The minimum Gasteiger partial charge on any atom is -0.493 e. The van der Waals surface area contributed by atoms with Crippen molar-refractivity contribution in [3.63, 3.8) is 0 Å². The highest BCUT2D eigenvalue weighted by molar-refractivity contribution is 5.79. The van der Waals surface area contributed by atoms with Crippen molar-refractivity contribution in [1.82, 2.24) is 9.97 Å². The second-order valence-electron chi connectivity index (χ2n) is 5.14. The van der Waals surface area contributed by atoms with Gasteiger partial charge in [0.15, 0.2) is 11.5 Å². The molecule has 5 nitrogen and oxygen atoms in total. The van der Waals surface area contributed by atoms with Gasteiger partial charge in [0.1, 0.15) is 5.82 Å². The summed E-state index contributed by atoms with van der Waals surface area (Å²) in [6.45, 7) is 2.48. The third-order valence-electron chi connectivity index (χ3n) is 3.55. The molecule has 0 atom stereocenters. The van der Waals surface area contributed by atoms with Gasteiger partial charge in [-0.2, -0.15) is 0 Å². The highest BCUT2D eigenvalue weighted by atomic mass is 16.5. The monoisotopic (exact) mass is 322 g/mol. The van der Waals surface area contributed by atoms with Gasteiger partial charge in [0, 0.05) is 0 Å². The van der Waals surface area contributed by atoms with Crippen LogP contribution in [-0.2, 0) is 0 Å². The summed E-state index contributed by atoms with van der Waals surface area (Å²) >= 11 is 0. The van der Waals surface area contributed by atoms with E-state index in [1.54, 1.807) is 19.3 Å². The molecule has 1 heterocycles. The van der Waals surface area contributed by atoms with E-state index in [2.05, 4.69) is 9.97 Å². The zero-order valence-corrected chi connectivity index (χ0v) is 13.6. The van der Waals surface area contributed by atoms with E-state index in [9.17, 15) is 4.79 Å². The molecule has 0 aliphatic rings. The summed E-state index contributed by atoms with van der Waals surface area (Å²) in [5.41, 5.74) is 1.45. The first-order chi connectivity index (χ1) is 11.7. The number of fused-ring (bicyclic) bond motifs is 1. The molecule has 0 spiro atoms. The lowest BCUT2D eigenvalue weighted by atomic mass is 10.2. The van der Waals surface area contributed by atoms with Crippen LogP contribution in [0.25, 0.3) is 23.1 Å². The quantitative estimate of drug-likeness (QED) is 0.781. The van der Waals surface area contributed by atoms with E-state index in [1.165, 1.54) is 0 Å². The summed E-state index contributed by atoms with van der Waals surface area (Å²) in [7, 11) is 1.61. The molecule has 0 saturated heterocycles. The molecule has 1 aromatic heterocycles. The molecular weight excluding hydrogens is 304 g/mol. The van der Waals surface area contributed by atoms with E-state index in [-0.39, 0.29) is 5.56 Å². The molecule has 122 valence electrons. The van der Waals surface area contributed by atoms with E-state index in [1.807, 2.05) is 49.4 Å². The van der Waals surface area contributed by atoms with Crippen LogP contribution in [-0.4, -0.2) is 23.7 Å². The number of ether oxygens (including phenoxy) is 2. The lowest BCUT2D eigenvalue weighted by Crippen LogP contribution is -2.09. The fourth-order valence-corrected chi connectivity index (χ4v) is 2.42. The van der Waals surface area contributed by atoms with Gasteiger partial charge in [-0.3, -0.25) is 4.79 Å². The van der Waals surface area contributed by atoms with Crippen LogP contribution < -0.4 is 15.0 Å². The van der Waals surface area contributed by atoms with E-state index in [0.717, 1.165) is 5.56 Å². The van der Waals surface area contributed by atoms with Gasteiger partial charge in [-0.05, 0) is 42.8 Å². The highest BCUT2D eigenvalue weighted by Gasteiger charge is 2.04. The maximum absolute atomic E-state index is 12.1. The first-order valence-electron chi connectivity index (χ1n) is 7.69. The van der Waals surface area contributed by atoms with Crippen LogP contribution in [0.2, 0.25) is 0 Å². The number of nitrogens with zero attached hydrogens (tertiary/aromatic N) is 1. The van der Waals surface area contributed by atoms with Crippen molar-refractivity contribution in [2.24, 2.45) is 0 Å². The van der Waals surface area contributed by atoms with Crippen LogP contribution in [0, 0.1) is 0 Å². The highest BCUT2D eigenvalue weighted by Crippen LogP contribution is 2.28. The van der Waals surface area contributed by atoms with E-state index < -0.39 is 0 Å². The molecule has 0 fully saturated rings. The molecule has 0 unspecified atom stereocenters. The Hall–Kier alpha value is -3.08. The van der Waals surface area contributed by atoms with E-state index >= 15 is 0 Å². The van der Waals surface area contributed by atoms with Crippen molar-refractivity contribution in [2.75, 3.05) is 13.7 Å². The maximum atomic E-state index is 12.1. The average Bonchev–Trinajstić information content (AvgIpc) is 2.60. The number of hydrogen-bond donors (Lipinski definition) is 1. The molecule has 0 radical (unpaired) electrons. The third kappa shape index (κ3) is 3.30. The Morgan fingerprint density at radius 2 is 1.96 bits per heavy atom. The van der Waals surface area contributed by atoms with Gasteiger partial charge in [-0.15, -0.1) is 0 Å². The van der Waals surface area contributed by atoms with Crippen LogP contribution in [0.5, 0.6) is 11.5 Å². The minimum absolute atomic E-state index is 0.148. The van der Waals surface area contributed by atoms with Crippen LogP contribution in [0.15, 0.2) is 47.3 Å². The van der Waals surface area contributed by atoms with Crippen molar-refractivity contribution < 1.29 is 9.47 Å². The Balaban J connectivity index is 1.93. The topological polar surface area (TPSA) is 64.2 Å². The molecular formula is C19H18N2O3. The molecule has 2 aromatic carbocycles. The molecule has 24 heavy (non-hydrogen) atoms. The van der Waals surface area contributed by atoms with Gasteiger partial charge in [-0.25, -0.2) is 4.98 Å². The molecule has 3 aromatic rings. The van der Waals surface area contributed by atoms with Gasteiger partial charge in [0.25, 0.3) is 5.56 Å². The Kier molecular flexibility index (Phi) is 4.61. The lowest BCUT2D eigenvalue weighted by Gasteiger charge is -2.09. The van der Waals surface area contributed by atoms with E-state index in [4.69, 9.17) is 9.47 Å². The molecule has 0 saturated carbocycles. The summed E-state index contributed by atoms with van der Waals surface area (Å²) < 4.78 is 10.8. The zero-order valence-electron chi connectivity index (χ0n) is 13.6. The Labute approximate surface area is 139 Å². The number of H-pyrrole nitrogens is 1. The molecule has 0 aliphatic heterocycles. The van der Waals surface area contributed by atoms with Crippen LogP contribution in [0.4, 0.5) is 0 Å². The van der Waals surface area contributed by atoms with Gasteiger partial charge in [0.2, 0.25) is 0 Å². The standard InChI is InChI=1S/C19H18N2O3/c1-3-24-17-12-13(8-10-16(17)23-2)9-11-18-20-15-7-5-4-6-14(15)19(22)21-18/h4-12H,3H2,1-2H3,(H,20,21,22)/b11-9+. The first kappa shape index (κ1) is 15.8. The molecule has 0 aliphatic carbocycles. The summed E-state index contributed by atoms with van der Waals surface area (Å²) in [5, 5.41) is 0.581. The smallest absolute Gasteiger partial charge is 0.259 e. The van der Waals surface area contributed by atoms with Crippen molar-refractivity contribution in [3.05, 3.63) is 64.2 Å². The second-order valence-corrected chi connectivity index (χ2v) is 5.14. The minimum atomic E-state index is -0.148. The SMILES string of the molecule is CCOc1cc(/C=C/c2nc3ccccc3c(=O)[nH]2)ccc1OC. The lowest BCUT2D eigenvalue weighted by molar-refractivity contribution is 0.311. The van der Waals surface area contributed by atoms with Crippen molar-refractivity contribution >= 4 is 23.1 Å². The number of benzene rings is 2. The Bertz CT molecular complexity index is 945. The number of nitrogens with one attached hydrogen (secondary N) is 1. The molecule has 0 bridgehead atoms. The van der Waals surface area contributed by atoms with Crippen LogP contribution in [0.3, 0.4) is 0 Å². The van der Waals surface area contributed by atoms with Crippen LogP contribution in [0.1, 0.15) is 18.3 Å². The van der Waals surface area contributed by atoms with E-state index in [0.29, 0.717) is 34.8 Å². The largest absolute Gasteiger partial charge is 0.493 e. The molecule has 1 N–H and O–H groups in total. The normalized spacial score (nSPS) is 11.1. The fraction of sp³-hybridized carbons (Fsp3) is 0.158. The summed E-state index contributed by atoms with van der Waals surface area (Å²) in [4.78, 5) is 19.3. The predicted molar refractivity (Wildman–Crippen MR) is 95.5 cm³/mol. The zero-order chi connectivity index (χ0) is 16.9. The van der Waals surface area contributed by atoms with Gasteiger partial charge in [-0.1, -0.05) is 24.3 Å². The molecule has 5 heteroatoms. The number of rotatable bonds is 5. The molecule has 0 amide bonds. The Morgan fingerprint density at radius 3 is 2.75 bits per heavy atom. The van der Waals surface area contributed by atoms with Crippen molar-refractivity contribution in [1.29, 1.82) is 0 Å². The number of aromatic nitrogens is 2. The third-order valence-corrected chi connectivity index (χ3v) is 3.55. The molecule has 3 rings (SSSR count). The summed E-state index contributed by atoms with van der Waals surface area (Å²) in [6, 6.07) is 12.9. The van der Waals surface area contributed by atoms with Crippen molar-refractivity contribution in [3.8, 4) is 11.5 Å². The Morgan fingerprint density at radius 1 is 1.12 bits per heavy atom. The van der Waals surface area contributed by atoms with Crippen LogP contribution >= 0.6 is 0 Å². The first-order valence-corrected chi connectivity index (χ1v) is 7.69. The number of aromatic amines is 1. The van der Waals surface area contributed by atoms with Gasteiger partial charge >= 0.3 is 0 Å². The summed E-state index contributed by atoms with van der Waals surface area (Å²) in [6.07, 6.45) is 3.64. The van der Waals surface area contributed by atoms with Crippen molar-refractivity contribution in [2.45, 2.75) is 6.92 Å². The average molecular weight is 322 g/mol. The number of methoxy groups -OCH3 is 1.